The summed E-state index contributed by atoms with van der Waals surface area (Å²) >= 11 is 0. The van der Waals surface area contributed by atoms with Crippen LogP contribution in [0.5, 0.6) is 0 Å². The van der Waals surface area contributed by atoms with E-state index >= 15 is 0 Å². The minimum Gasteiger partial charge on any atom is -0.376 e. The van der Waals surface area contributed by atoms with Gasteiger partial charge in [-0.25, -0.2) is 0 Å². The van der Waals surface area contributed by atoms with E-state index in [1.54, 1.807) is 0 Å². The Morgan fingerprint density at radius 3 is 2.64 bits per heavy atom. The smallest absolute Gasteiger partial charge is 0.0629 e. The van der Waals surface area contributed by atoms with Gasteiger partial charge in [0.05, 0.1) is 5.60 Å². The van der Waals surface area contributed by atoms with Gasteiger partial charge in [0.25, 0.3) is 0 Å². The molecule has 25 heavy (non-hydrogen) atoms. The van der Waals surface area contributed by atoms with Gasteiger partial charge in [-0.1, -0.05) is 30.3 Å². The first-order chi connectivity index (χ1) is 12.0. The summed E-state index contributed by atoms with van der Waals surface area (Å²) in [6.07, 6.45) is 6.08. The molecule has 1 heterocycles. The van der Waals surface area contributed by atoms with Crippen molar-refractivity contribution in [2.24, 2.45) is 11.8 Å². The number of rotatable bonds is 10. The molecule has 1 aliphatic rings. The molecular weight excluding hydrogens is 308 g/mol. The summed E-state index contributed by atoms with van der Waals surface area (Å²) in [4.78, 5) is 2.25. The zero-order valence-electron chi connectivity index (χ0n) is 16.8. The molecule has 1 saturated heterocycles. The molecule has 1 aliphatic heterocycles. The van der Waals surface area contributed by atoms with Crippen molar-refractivity contribution >= 4 is 0 Å². The van der Waals surface area contributed by atoms with Gasteiger partial charge in [-0.3, -0.25) is 0 Å². The molecule has 0 radical (unpaired) electrons. The SMILES string of the molecule is CN(C)CCCNCC[C@@H](Cc1ccccc1)[C@@H]1CCOC(C)(C)C1. The molecule has 0 unspecified atom stereocenters. The van der Waals surface area contributed by atoms with Crippen molar-refractivity contribution in [1.82, 2.24) is 10.2 Å². The van der Waals surface area contributed by atoms with Crippen LogP contribution in [0.15, 0.2) is 30.3 Å². The summed E-state index contributed by atoms with van der Waals surface area (Å²) in [5, 5.41) is 3.66. The highest BCUT2D eigenvalue weighted by atomic mass is 16.5. The van der Waals surface area contributed by atoms with Crippen LogP contribution >= 0.6 is 0 Å². The van der Waals surface area contributed by atoms with E-state index in [9.17, 15) is 0 Å². The summed E-state index contributed by atoms with van der Waals surface area (Å²) in [6, 6.07) is 11.0. The number of nitrogens with one attached hydrogen (secondary N) is 1. The Morgan fingerprint density at radius 2 is 1.96 bits per heavy atom. The van der Waals surface area contributed by atoms with Gasteiger partial charge in [-0.2, -0.15) is 0 Å². The topological polar surface area (TPSA) is 24.5 Å². The second kappa shape index (κ2) is 10.3. The Labute approximate surface area is 155 Å². The van der Waals surface area contributed by atoms with E-state index in [-0.39, 0.29) is 5.60 Å². The predicted octanol–water partition coefficient (Wildman–Crippen LogP) is 3.98. The third-order valence-corrected chi connectivity index (χ3v) is 5.39. The van der Waals surface area contributed by atoms with Crippen LogP contribution in [0.4, 0.5) is 0 Å². The molecule has 1 aromatic carbocycles. The van der Waals surface area contributed by atoms with E-state index < -0.39 is 0 Å². The van der Waals surface area contributed by atoms with E-state index in [2.05, 4.69) is 68.5 Å². The fraction of sp³-hybridized carbons (Fsp3) is 0.727. The summed E-state index contributed by atoms with van der Waals surface area (Å²) < 4.78 is 5.96. The van der Waals surface area contributed by atoms with Gasteiger partial charge >= 0.3 is 0 Å². The fourth-order valence-corrected chi connectivity index (χ4v) is 4.04. The van der Waals surface area contributed by atoms with Gasteiger partial charge in [0.15, 0.2) is 0 Å². The third-order valence-electron chi connectivity index (χ3n) is 5.39. The van der Waals surface area contributed by atoms with Crippen molar-refractivity contribution in [2.75, 3.05) is 40.3 Å². The lowest BCUT2D eigenvalue weighted by molar-refractivity contribution is -0.0830. The quantitative estimate of drug-likeness (QED) is 0.649. The van der Waals surface area contributed by atoms with Crippen LogP contribution in [0.2, 0.25) is 0 Å². The summed E-state index contributed by atoms with van der Waals surface area (Å²) in [5.74, 6) is 1.51. The Kier molecular flexibility index (Phi) is 8.41. The van der Waals surface area contributed by atoms with Crippen LogP contribution in [0, 0.1) is 11.8 Å². The van der Waals surface area contributed by atoms with Crippen LogP contribution in [0.25, 0.3) is 0 Å². The zero-order valence-corrected chi connectivity index (χ0v) is 16.8. The maximum absolute atomic E-state index is 5.96. The van der Waals surface area contributed by atoms with E-state index in [0.29, 0.717) is 0 Å². The van der Waals surface area contributed by atoms with E-state index in [1.165, 1.54) is 37.7 Å². The number of hydrogen-bond donors (Lipinski definition) is 1. The molecule has 2 atom stereocenters. The molecule has 1 aromatic rings. The monoisotopic (exact) mass is 346 g/mol. The molecule has 3 heteroatoms. The number of nitrogens with zero attached hydrogens (tertiary/aromatic N) is 1. The van der Waals surface area contributed by atoms with Gasteiger partial charge in [-0.15, -0.1) is 0 Å². The average Bonchev–Trinajstić information content (AvgIpc) is 2.56. The molecule has 0 amide bonds. The zero-order chi connectivity index (χ0) is 18.1. The van der Waals surface area contributed by atoms with Crippen LogP contribution in [0.1, 0.15) is 45.1 Å². The van der Waals surface area contributed by atoms with Crippen LogP contribution in [0.3, 0.4) is 0 Å². The minimum absolute atomic E-state index is 0.0387. The van der Waals surface area contributed by atoms with Gasteiger partial charge in [0, 0.05) is 6.61 Å². The summed E-state index contributed by atoms with van der Waals surface area (Å²) in [7, 11) is 4.28. The second-order valence-electron chi connectivity index (χ2n) is 8.51. The van der Waals surface area contributed by atoms with Crippen molar-refractivity contribution in [3.63, 3.8) is 0 Å². The largest absolute Gasteiger partial charge is 0.376 e. The van der Waals surface area contributed by atoms with E-state index in [0.717, 1.165) is 38.1 Å². The Hall–Kier alpha value is -0.900. The number of ether oxygens (including phenoxy) is 1. The first-order valence-corrected chi connectivity index (χ1v) is 9.99. The van der Waals surface area contributed by atoms with E-state index in [4.69, 9.17) is 4.74 Å². The highest BCUT2D eigenvalue weighted by Gasteiger charge is 2.33. The lowest BCUT2D eigenvalue weighted by atomic mass is 9.75. The summed E-state index contributed by atoms with van der Waals surface area (Å²) in [5.41, 5.74) is 1.51. The van der Waals surface area contributed by atoms with Gasteiger partial charge in [0.1, 0.15) is 0 Å². The molecule has 0 saturated carbocycles. The molecule has 142 valence electrons. The molecule has 1 fully saturated rings. The van der Waals surface area contributed by atoms with Crippen LogP contribution in [-0.2, 0) is 11.2 Å². The fourth-order valence-electron chi connectivity index (χ4n) is 4.04. The normalized spacial score (nSPS) is 21.4. The Morgan fingerprint density at radius 1 is 1.20 bits per heavy atom. The van der Waals surface area contributed by atoms with Gasteiger partial charge in [0.2, 0.25) is 0 Å². The average molecular weight is 347 g/mol. The molecule has 0 aliphatic carbocycles. The van der Waals surface area contributed by atoms with Crippen molar-refractivity contribution in [3.05, 3.63) is 35.9 Å². The van der Waals surface area contributed by atoms with Gasteiger partial charge < -0.3 is 15.0 Å². The first-order valence-electron chi connectivity index (χ1n) is 9.99. The third kappa shape index (κ3) is 7.89. The lowest BCUT2D eigenvalue weighted by Gasteiger charge is -2.39. The highest BCUT2D eigenvalue weighted by Crippen LogP contribution is 2.36. The molecule has 0 bridgehead atoms. The van der Waals surface area contributed by atoms with Crippen molar-refractivity contribution in [2.45, 2.75) is 51.6 Å². The Balaban J connectivity index is 1.86. The predicted molar refractivity (Wildman–Crippen MR) is 107 cm³/mol. The highest BCUT2D eigenvalue weighted by molar-refractivity contribution is 5.15. The molecule has 0 aromatic heterocycles. The lowest BCUT2D eigenvalue weighted by Crippen LogP contribution is -2.38. The molecular formula is C22H38N2O. The van der Waals surface area contributed by atoms with Crippen LogP contribution in [-0.4, -0.2) is 50.8 Å². The van der Waals surface area contributed by atoms with Gasteiger partial charge in [-0.05, 0) is 97.1 Å². The molecule has 1 N–H and O–H groups in total. The molecule has 2 rings (SSSR count). The summed E-state index contributed by atoms with van der Waals surface area (Å²) in [6.45, 7) is 8.82. The van der Waals surface area contributed by atoms with Crippen molar-refractivity contribution < 1.29 is 4.74 Å². The van der Waals surface area contributed by atoms with Crippen molar-refractivity contribution in [3.8, 4) is 0 Å². The second-order valence-corrected chi connectivity index (χ2v) is 8.51. The molecule has 0 spiro atoms. The van der Waals surface area contributed by atoms with Crippen LogP contribution < -0.4 is 5.32 Å². The van der Waals surface area contributed by atoms with Crippen molar-refractivity contribution in [1.29, 1.82) is 0 Å². The van der Waals surface area contributed by atoms with E-state index in [1.807, 2.05) is 0 Å². The maximum atomic E-state index is 5.96. The first kappa shape index (κ1) is 20.4. The minimum atomic E-state index is 0.0387. The Bertz CT molecular complexity index is 472. The number of benzene rings is 1. The number of hydrogen-bond acceptors (Lipinski definition) is 3. The maximum Gasteiger partial charge on any atom is 0.0629 e. The standard InChI is InChI=1S/C22H38N2O/c1-22(2)18-21(12-16-25-22)20(17-19-9-6-5-7-10-19)11-14-23-13-8-15-24(3)4/h5-7,9-10,20-21,23H,8,11-18H2,1-4H3/t20-,21+/m0/s1. The molecule has 3 nitrogen and oxygen atoms in total.